The van der Waals surface area contributed by atoms with Gasteiger partial charge < -0.3 is 18.6 Å². The molecule has 6 nitrogen and oxygen atoms in total. The molecule has 3 aromatic rings. The van der Waals surface area contributed by atoms with Crippen molar-refractivity contribution in [1.82, 2.24) is 0 Å². The summed E-state index contributed by atoms with van der Waals surface area (Å²) in [7, 11) is 3.28. The van der Waals surface area contributed by atoms with E-state index in [0.717, 1.165) is 63.3 Å². The molecule has 1 atom stereocenters. The number of hydrogen-bond acceptors (Lipinski definition) is 5. The van der Waals surface area contributed by atoms with Crippen LogP contribution in [0.2, 0.25) is 5.02 Å². The maximum atomic E-state index is 12.5. The molecule has 7 heteroatoms. The summed E-state index contributed by atoms with van der Waals surface area (Å²) in [5.41, 5.74) is 4.16. The van der Waals surface area contributed by atoms with Crippen LogP contribution in [0.4, 0.5) is 0 Å². The van der Waals surface area contributed by atoms with Crippen LogP contribution in [0.1, 0.15) is 28.7 Å². The summed E-state index contributed by atoms with van der Waals surface area (Å²) < 4.78 is 22.6. The van der Waals surface area contributed by atoms with E-state index in [1.54, 1.807) is 14.2 Å². The molecule has 0 spiro atoms. The van der Waals surface area contributed by atoms with E-state index in [1.807, 2.05) is 24.3 Å². The van der Waals surface area contributed by atoms with Gasteiger partial charge in [0.25, 0.3) is 0 Å². The molecule has 1 aromatic heterocycles. The minimum atomic E-state index is -0.233. The third-order valence-corrected chi connectivity index (χ3v) is 6.33. The number of ether oxygens (including phenoxy) is 3. The molecule has 1 N–H and O–H groups in total. The van der Waals surface area contributed by atoms with Crippen LogP contribution < -0.4 is 24.7 Å². The summed E-state index contributed by atoms with van der Waals surface area (Å²) in [6, 6.07) is 7.69. The van der Waals surface area contributed by atoms with Crippen molar-refractivity contribution in [2.75, 3.05) is 21.0 Å². The maximum absolute atomic E-state index is 12.5. The van der Waals surface area contributed by atoms with Crippen molar-refractivity contribution in [2.45, 2.75) is 32.4 Å². The number of aryl methyl sites for hydroxylation is 1. The first-order valence-corrected chi connectivity index (χ1v) is 10.4. The highest BCUT2D eigenvalue weighted by molar-refractivity contribution is 6.33. The number of fused-ring (bicyclic) bond motifs is 5. The Hall–Kier alpha value is -2.70. The van der Waals surface area contributed by atoms with Crippen LogP contribution in [0, 0.1) is 0 Å². The highest BCUT2D eigenvalue weighted by atomic mass is 35.5. The molecule has 30 heavy (non-hydrogen) atoms. The molecule has 2 aliphatic rings. The molecule has 0 radical (unpaired) electrons. The van der Waals surface area contributed by atoms with Crippen molar-refractivity contribution in [1.29, 1.82) is 0 Å². The van der Waals surface area contributed by atoms with Crippen molar-refractivity contribution in [3.05, 3.63) is 62.0 Å². The molecule has 1 unspecified atom stereocenters. The third-order valence-electron chi connectivity index (χ3n) is 6.05. The number of methoxy groups -OCH3 is 2. The molecule has 0 saturated heterocycles. The fourth-order valence-electron chi connectivity index (χ4n) is 4.60. The van der Waals surface area contributed by atoms with E-state index in [1.165, 1.54) is 0 Å². The lowest BCUT2D eigenvalue weighted by atomic mass is 10.0. The normalized spacial score (nSPS) is 17.4. The van der Waals surface area contributed by atoms with Crippen molar-refractivity contribution >= 4 is 22.6 Å². The number of hydrogen-bond donors (Lipinski definition) is 1. The Morgan fingerprint density at radius 3 is 2.73 bits per heavy atom. The van der Waals surface area contributed by atoms with Crippen LogP contribution >= 0.6 is 11.6 Å². The number of nitrogens with one attached hydrogen (secondary N) is 1. The summed E-state index contributed by atoms with van der Waals surface area (Å²) in [6.07, 6.45) is 2.62. The fourth-order valence-corrected chi connectivity index (χ4v) is 4.88. The van der Waals surface area contributed by atoms with E-state index in [4.69, 9.17) is 30.2 Å². The zero-order valence-corrected chi connectivity index (χ0v) is 17.7. The molecule has 0 saturated carbocycles. The largest absolute Gasteiger partial charge is 0.497 e. The second-order valence-electron chi connectivity index (χ2n) is 7.81. The zero-order valence-electron chi connectivity index (χ0n) is 17.0. The van der Waals surface area contributed by atoms with Crippen LogP contribution in [0.3, 0.4) is 0 Å². The van der Waals surface area contributed by atoms with Crippen LogP contribution in [-0.2, 0) is 25.9 Å². The molecule has 0 bridgehead atoms. The van der Waals surface area contributed by atoms with Gasteiger partial charge in [0, 0.05) is 22.6 Å². The first-order chi connectivity index (χ1) is 14.6. The topological polar surface area (TPSA) is 62.3 Å². The van der Waals surface area contributed by atoms with Crippen LogP contribution in [-0.4, -0.2) is 21.0 Å². The van der Waals surface area contributed by atoms with Gasteiger partial charge in [0.1, 0.15) is 24.6 Å². The molecule has 156 valence electrons. The summed E-state index contributed by atoms with van der Waals surface area (Å²) in [4.78, 5) is 13.7. The Morgan fingerprint density at radius 1 is 1.10 bits per heavy atom. The van der Waals surface area contributed by atoms with Gasteiger partial charge in [-0.3, -0.25) is 4.90 Å². The number of quaternary nitrogens is 1. The predicted molar refractivity (Wildman–Crippen MR) is 113 cm³/mol. The third kappa shape index (κ3) is 3.11. The van der Waals surface area contributed by atoms with Gasteiger partial charge in [0.15, 0.2) is 11.3 Å². The Kier molecular flexibility index (Phi) is 4.83. The van der Waals surface area contributed by atoms with Gasteiger partial charge in [-0.2, -0.15) is 0 Å². The second-order valence-corrected chi connectivity index (χ2v) is 8.22. The molecule has 1 aliphatic heterocycles. The van der Waals surface area contributed by atoms with E-state index >= 15 is 0 Å². The monoisotopic (exact) mass is 428 g/mol. The van der Waals surface area contributed by atoms with Gasteiger partial charge in [-0.25, -0.2) is 4.79 Å². The van der Waals surface area contributed by atoms with E-state index in [2.05, 4.69) is 0 Å². The van der Waals surface area contributed by atoms with E-state index in [-0.39, 0.29) is 5.63 Å². The first-order valence-electron chi connectivity index (χ1n) is 10.1. The molecular weight excluding hydrogens is 406 g/mol. The second kappa shape index (κ2) is 7.52. The SMILES string of the molecule is COc1ccc(C[NH+]2COc3c(Cl)cc4c5c(c(=O)oc4c3C2)CCC5)c(OC)c1. The standard InChI is InChI=1S/C23H22ClNO5/c1-27-14-7-6-13(20(8-14)28-2)10-25-11-18-21-17(9-19(24)22(18)29-12-25)15-4-3-5-16(15)23(26)30-21/h6-9H,3-5,10-12H2,1-2H3/p+1. The van der Waals surface area contributed by atoms with E-state index in [0.29, 0.717) is 36.2 Å². The van der Waals surface area contributed by atoms with Crippen LogP contribution in [0.25, 0.3) is 11.0 Å². The van der Waals surface area contributed by atoms with E-state index < -0.39 is 0 Å². The molecule has 0 fully saturated rings. The molecule has 2 heterocycles. The van der Waals surface area contributed by atoms with Crippen LogP contribution in [0.15, 0.2) is 33.5 Å². The lowest BCUT2D eigenvalue weighted by Crippen LogP contribution is -3.10. The van der Waals surface area contributed by atoms with Gasteiger partial charge in [-0.1, -0.05) is 11.6 Å². The summed E-state index contributed by atoms with van der Waals surface area (Å²) in [5.74, 6) is 2.14. The quantitative estimate of drug-likeness (QED) is 0.647. The molecule has 0 amide bonds. The number of rotatable bonds is 4. The van der Waals surface area contributed by atoms with Crippen LogP contribution in [0.5, 0.6) is 17.2 Å². The summed E-state index contributed by atoms with van der Waals surface area (Å²) >= 11 is 6.56. The Bertz CT molecular complexity index is 1200. The van der Waals surface area contributed by atoms with Gasteiger partial charge in [-0.15, -0.1) is 0 Å². The molecular formula is C23H23ClNO5+. The zero-order chi connectivity index (χ0) is 20.8. The average Bonchev–Trinajstić information content (AvgIpc) is 3.26. The van der Waals surface area contributed by atoms with Gasteiger partial charge in [0.05, 0.1) is 24.8 Å². The minimum absolute atomic E-state index is 0.233. The highest BCUT2D eigenvalue weighted by Crippen LogP contribution is 2.39. The smallest absolute Gasteiger partial charge is 0.339 e. The van der Waals surface area contributed by atoms with Gasteiger partial charge >= 0.3 is 5.63 Å². The Morgan fingerprint density at radius 2 is 1.93 bits per heavy atom. The number of benzene rings is 2. The Labute approximate surface area is 178 Å². The molecule has 1 aliphatic carbocycles. The maximum Gasteiger partial charge on any atom is 0.339 e. The molecule has 5 rings (SSSR count). The Balaban J connectivity index is 1.54. The fraction of sp³-hybridized carbons (Fsp3) is 0.348. The van der Waals surface area contributed by atoms with Crippen molar-refractivity contribution in [2.24, 2.45) is 0 Å². The van der Waals surface area contributed by atoms with Crippen molar-refractivity contribution < 1.29 is 23.5 Å². The highest BCUT2D eigenvalue weighted by Gasteiger charge is 2.30. The first kappa shape index (κ1) is 19.3. The van der Waals surface area contributed by atoms with Crippen molar-refractivity contribution in [3.63, 3.8) is 0 Å². The predicted octanol–water partition coefficient (Wildman–Crippen LogP) is 2.89. The summed E-state index contributed by atoms with van der Waals surface area (Å²) in [6.45, 7) is 1.79. The molecule has 2 aromatic carbocycles. The van der Waals surface area contributed by atoms with E-state index in [9.17, 15) is 4.79 Å². The number of halogens is 1. The lowest BCUT2D eigenvalue weighted by molar-refractivity contribution is -0.945. The van der Waals surface area contributed by atoms with Gasteiger partial charge in [0.2, 0.25) is 6.73 Å². The van der Waals surface area contributed by atoms with Crippen molar-refractivity contribution in [3.8, 4) is 17.2 Å². The lowest BCUT2D eigenvalue weighted by Gasteiger charge is -2.28. The average molecular weight is 429 g/mol. The van der Waals surface area contributed by atoms with Gasteiger partial charge in [-0.05, 0) is 43.0 Å². The summed E-state index contributed by atoms with van der Waals surface area (Å²) in [5, 5.41) is 1.51. The minimum Gasteiger partial charge on any atom is -0.497 e.